The Morgan fingerprint density at radius 2 is 1.20 bits per heavy atom. The first-order chi connectivity index (χ1) is 19.2. The number of sulfonamides is 1. The second-order valence-electron chi connectivity index (χ2n) is 8.80. The van der Waals surface area contributed by atoms with Gasteiger partial charge in [0.25, 0.3) is 0 Å². The summed E-state index contributed by atoms with van der Waals surface area (Å²) in [5.41, 5.74) is -0.672. The fraction of sp³-hybridized carbons (Fsp3) is 0.444. The molecule has 13 heteroatoms. The van der Waals surface area contributed by atoms with Crippen molar-refractivity contribution in [3.8, 4) is 51.6 Å². The Balaban J connectivity index is 2.19. The molecule has 0 unspecified atom stereocenters. The van der Waals surface area contributed by atoms with Gasteiger partial charge in [0.2, 0.25) is 38.5 Å². The molecule has 1 saturated heterocycles. The smallest absolute Gasteiger partial charge is 0.243 e. The van der Waals surface area contributed by atoms with Crippen molar-refractivity contribution in [3.63, 3.8) is 0 Å². The van der Waals surface area contributed by atoms with Crippen molar-refractivity contribution in [1.82, 2.24) is 4.31 Å². The van der Waals surface area contributed by atoms with E-state index in [0.29, 0.717) is 13.1 Å². The van der Waals surface area contributed by atoms with Crippen LogP contribution in [0.3, 0.4) is 0 Å². The van der Waals surface area contributed by atoms with Crippen LogP contribution in [-0.4, -0.2) is 75.6 Å². The van der Waals surface area contributed by atoms with E-state index in [2.05, 4.69) is 0 Å². The van der Waals surface area contributed by atoms with Gasteiger partial charge in [-0.05, 0) is 18.9 Å². The van der Waals surface area contributed by atoms with Crippen molar-refractivity contribution in [2.75, 3.05) is 62.9 Å². The van der Waals surface area contributed by atoms with Crippen LogP contribution in [0.25, 0.3) is 22.3 Å². The third-order valence-electron chi connectivity index (χ3n) is 6.81. The molecule has 1 fully saturated rings. The average molecular weight is 580 g/mol. The molecule has 0 spiro atoms. The number of fused-ring (bicyclic) bond motifs is 1. The minimum atomic E-state index is -4.06. The molecular formula is C27H33NO11S. The molecule has 0 amide bonds. The molecule has 3 aromatic rings. The van der Waals surface area contributed by atoms with E-state index in [9.17, 15) is 13.2 Å². The molecular weight excluding hydrogens is 546 g/mol. The van der Waals surface area contributed by atoms with Crippen LogP contribution in [0.1, 0.15) is 19.3 Å². The van der Waals surface area contributed by atoms with E-state index < -0.39 is 15.5 Å². The highest BCUT2D eigenvalue weighted by Gasteiger charge is 2.35. The van der Waals surface area contributed by atoms with Crippen LogP contribution in [0.15, 0.2) is 26.2 Å². The van der Waals surface area contributed by atoms with E-state index in [1.807, 2.05) is 0 Å². The van der Waals surface area contributed by atoms with Gasteiger partial charge >= 0.3 is 0 Å². The number of hydrogen-bond acceptors (Lipinski definition) is 11. The van der Waals surface area contributed by atoms with Crippen LogP contribution in [0, 0.1) is 0 Å². The number of ether oxygens (including phenoxy) is 7. The van der Waals surface area contributed by atoms with Gasteiger partial charge in [0.15, 0.2) is 28.6 Å². The van der Waals surface area contributed by atoms with E-state index in [-0.39, 0.29) is 67.4 Å². The van der Waals surface area contributed by atoms with E-state index in [1.165, 1.54) is 66.2 Å². The summed E-state index contributed by atoms with van der Waals surface area (Å²) in [4.78, 5) is 13.8. The lowest BCUT2D eigenvalue weighted by Gasteiger charge is -2.27. The number of benzene rings is 2. The lowest BCUT2D eigenvalue weighted by atomic mass is 10.1. The Kier molecular flexibility index (Phi) is 8.54. The minimum absolute atomic E-state index is 0.0298. The zero-order valence-electron chi connectivity index (χ0n) is 23.5. The van der Waals surface area contributed by atoms with Crippen LogP contribution >= 0.6 is 0 Å². The monoisotopic (exact) mass is 579 g/mol. The third kappa shape index (κ3) is 4.62. The summed E-state index contributed by atoms with van der Waals surface area (Å²) in [6.45, 7) is 0.716. The first-order valence-electron chi connectivity index (χ1n) is 12.4. The maximum atomic E-state index is 14.0. The summed E-state index contributed by atoms with van der Waals surface area (Å²) in [5, 5.41) is -0.0430. The van der Waals surface area contributed by atoms with Gasteiger partial charge in [0.1, 0.15) is 5.39 Å². The van der Waals surface area contributed by atoms with Crippen LogP contribution in [0.5, 0.6) is 40.2 Å². The van der Waals surface area contributed by atoms with Crippen molar-refractivity contribution < 1.29 is 46.0 Å². The summed E-state index contributed by atoms with van der Waals surface area (Å²) in [7, 11) is 5.56. The maximum absolute atomic E-state index is 14.0. The Bertz CT molecular complexity index is 1570. The summed E-state index contributed by atoms with van der Waals surface area (Å²) in [6.07, 6.45) is 2.40. The number of rotatable bonds is 10. The van der Waals surface area contributed by atoms with Gasteiger partial charge in [0.05, 0.1) is 54.7 Å². The summed E-state index contributed by atoms with van der Waals surface area (Å²) in [5.74, 6) is 0.273. The molecule has 40 heavy (non-hydrogen) atoms. The second kappa shape index (κ2) is 11.7. The molecule has 2 aromatic carbocycles. The maximum Gasteiger partial charge on any atom is 0.243 e. The Morgan fingerprint density at radius 1 is 0.675 bits per heavy atom. The topological polar surface area (TPSA) is 132 Å². The minimum Gasteiger partial charge on any atom is -0.493 e. The van der Waals surface area contributed by atoms with Gasteiger partial charge < -0.3 is 37.6 Å². The largest absolute Gasteiger partial charge is 0.493 e. The average Bonchev–Trinajstić information content (AvgIpc) is 2.99. The highest BCUT2D eigenvalue weighted by Crippen LogP contribution is 2.52. The third-order valence-corrected chi connectivity index (χ3v) is 8.75. The molecule has 12 nitrogen and oxygen atoms in total. The zero-order chi connectivity index (χ0) is 29.2. The van der Waals surface area contributed by atoms with Gasteiger partial charge in [-0.1, -0.05) is 6.42 Å². The van der Waals surface area contributed by atoms with Crippen molar-refractivity contribution in [3.05, 3.63) is 22.4 Å². The van der Waals surface area contributed by atoms with Gasteiger partial charge in [0, 0.05) is 24.7 Å². The van der Waals surface area contributed by atoms with Gasteiger partial charge in [-0.15, -0.1) is 0 Å². The summed E-state index contributed by atoms with van der Waals surface area (Å²) in [6, 6.07) is 2.79. The molecule has 0 aliphatic carbocycles. The first-order valence-corrected chi connectivity index (χ1v) is 13.8. The van der Waals surface area contributed by atoms with E-state index >= 15 is 0 Å². The van der Waals surface area contributed by atoms with Gasteiger partial charge in [-0.2, -0.15) is 4.31 Å². The molecule has 218 valence electrons. The Labute approximate surface area is 232 Å². The predicted octanol–water partition coefficient (Wildman–Crippen LogP) is 3.69. The molecule has 1 aliphatic rings. The highest BCUT2D eigenvalue weighted by molar-refractivity contribution is 7.89. The van der Waals surface area contributed by atoms with E-state index in [4.69, 9.17) is 37.6 Å². The Hall–Kier alpha value is -3.84. The van der Waals surface area contributed by atoms with Crippen LogP contribution in [-0.2, 0) is 10.0 Å². The molecule has 0 saturated carbocycles. The lowest BCUT2D eigenvalue weighted by molar-refractivity contribution is 0.306. The zero-order valence-corrected chi connectivity index (χ0v) is 24.4. The second-order valence-corrected chi connectivity index (χ2v) is 10.7. The van der Waals surface area contributed by atoms with Crippen molar-refractivity contribution in [1.29, 1.82) is 0 Å². The standard InChI is InChI=1S/C27H33NO11S/c1-32-16-13-15(18(14-17(16)33-2)40(30,31)28-11-9-8-10-12-28)21-24(35-4)20(29)19-22(34-3)25(36-5)27(38-7)26(37-6)23(19)39-21/h13-14H,8-12H2,1-7H3. The molecule has 0 radical (unpaired) electrons. The van der Waals surface area contributed by atoms with Gasteiger partial charge in [-0.3, -0.25) is 4.79 Å². The molecule has 0 N–H and O–H groups in total. The summed E-state index contributed by atoms with van der Waals surface area (Å²) >= 11 is 0. The highest BCUT2D eigenvalue weighted by atomic mass is 32.2. The van der Waals surface area contributed by atoms with E-state index in [0.717, 1.165) is 19.3 Å². The SMILES string of the molecule is COc1cc(-c2oc3c(OC)c(OC)c(OC)c(OC)c3c(=O)c2OC)c(S(=O)(=O)N2CCCCC2)cc1OC. The number of methoxy groups -OCH3 is 7. The number of piperidine rings is 1. The first kappa shape index (κ1) is 29.2. The fourth-order valence-electron chi connectivity index (χ4n) is 4.92. The molecule has 0 atom stereocenters. The number of nitrogens with zero attached hydrogens (tertiary/aromatic N) is 1. The van der Waals surface area contributed by atoms with Crippen molar-refractivity contribution in [2.24, 2.45) is 0 Å². The molecule has 1 aromatic heterocycles. The van der Waals surface area contributed by atoms with Gasteiger partial charge in [-0.25, -0.2) is 8.42 Å². The van der Waals surface area contributed by atoms with E-state index in [1.54, 1.807) is 0 Å². The lowest BCUT2D eigenvalue weighted by Crippen LogP contribution is -2.35. The number of hydrogen-bond donors (Lipinski definition) is 0. The van der Waals surface area contributed by atoms with Crippen LogP contribution in [0.2, 0.25) is 0 Å². The summed E-state index contributed by atoms with van der Waals surface area (Å²) < 4.78 is 74.2. The fourth-order valence-corrected chi connectivity index (χ4v) is 6.62. The van der Waals surface area contributed by atoms with Crippen molar-refractivity contribution >= 4 is 21.0 Å². The van der Waals surface area contributed by atoms with Crippen molar-refractivity contribution in [2.45, 2.75) is 24.2 Å². The molecule has 1 aliphatic heterocycles. The molecule has 0 bridgehead atoms. The quantitative estimate of drug-likeness (QED) is 0.348. The normalized spacial score (nSPS) is 14.1. The Morgan fingerprint density at radius 3 is 1.73 bits per heavy atom. The van der Waals surface area contributed by atoms with Crippen LogP contribution < -0.4 is 38.6 Å². The molecule has 2 heterocycles. The van der Waals surface area contributed by atoms with Crippen LogP contribution in [0.4, 0.5) is 0 Å². The predicted molar refractivity (Wildman–Crippen MR) is 146 cm³/mol. The molecule has 4 rings (SSSR count).